The van der Waals surface area contributed by atoms with E-state index in [2.05, 4.69) is 15.3 Å². The highest BCUT2D eigenvalue weighted by atomic mass is 16.3. The van der Waals surface area contributed by atoms with Crippen LogP contribution < -0.4 is 5.32 Å². The lowest BCUT2D eigenvalue weighted by atomic mass is 9.71. The lowest BCUT2D eigenvalue weighted by molar-refractivity contribution is -0.154. The number of hydrogen-bond acceptors (Lipinski definition) is 6. The Bertz CT molecular complexity index is 879. The molecule has 1 atom stereocenters. The van der Waals surface area contributed by atoms with E-state index in [0.29, 0.717) is 50.4 Å². The highest BCUT2D eigenvalue weighted by Crippen LogP contribution is 2.40. The molecular weight excluding hydrogens is 370 g/mol. The number of anilines is 2. The van der Waals surface area contributed by atoms with Gasteiger partial charge in [0.25, 0.3) is 5.91 Å². The molecule has 0 aliphatic carbocycles. The molecule has 0 bridgehead atoms. The summed E-state index contributed by atoms with van der Waals surface area (Å²) in [6.07, 6.45) is 4.14. The second-order valence-electron chi connectivity index (χ2n) is 7.90. The van der Waals surface area contributed by atoms with Crippen molar-refractivity contribution >= 4 is 23.5 Å². The number of para-hydroxylation sites is 1. The SMILES string of the molecule is CN1CC(O)CC2(CCN(C(=O)c3cnc(Nc4ccccc4)nc3)CC2)C1=O. The van der Waals surface area contributed by atoms with Gasteiger partial charge in [-0.1, -0.05) is 18.2 Å². The van der Waals surface area contributed by atoms with Crippen LogP contribution in [0.5, 0.6) is 0 Å². The van der Waals surface area contributed by atoms with Gasteiger partial charge >= 0.3 is 0 Å². The van der Waals surface area contributed by atoms with Crippen molar-refractivity contribution in [3.05, 3.63) is 48.3 Å². The van der Waals surface area contributed by atoms with Gasteiger partial charge in [-0.05, 0) is 31.4 Å². The summed E-state index contributed by atoms with van der Waals surface area (Å²) in [6, 6.07) is 9.57. The number of aliphatic hydroxyl groups is 1. The van der Waals surface area contributed by atoms with Gasteiger partial charge in [0.1, 0.15) is 0 Å². The highest BCUT2D eigenvalue weighted by molar-refractivity contribution is 5.94. The maximum Gasteiger partial charge on any atom is 0.256 e. The average molecular weight is 395 g/mol. The predicted molar refractivity (Wildman–Crippen MR) is 108 cm³/mol. The molecule has 4 rings (SSSR count). The van der Waals surface area contributed by atoms with Crippen LogP contribution in [-0.2, 0) is 4.79 Å². The summed E-state index contributed by atoms with van der Waals surface area (Å²) in [5.41, 5.74) is 0.743. The number of hydrogen-bond donors (Lipinski definition) is 2. The third-order valence-electron chi connectivity index (χ3n) is 5.85. The van der Waals surface area contributed by atoms with Gasteiger partial charge < -0.3 is 20.2 Å². The largest absolute Gasteiger partial charge is 0.391 e. The minimum absolute atomic E-state index is 0.0783. The van der Waals surface area contributed by atoms with Crippen LogP contribution in [0.2, 0.25) is 0 Å². The fourth-order valence-corrected chi connectivity index (χ4v) is 4.30. The summed E-state index contributed by atoms with van der Waals surface area (Å²) in [5, 5.41) is 13.2. The van der Waals surface area contributed by atoms with Crippen LogP contribution in [0, 0.1) is 5.41 Å². The molecule has 2 fully saturated rings. The normalized spacial score (nSPS) is 21.3. The van der Waals surface area contributed by atoms with E-state index in [1.165, 1.54) is 12.4 Å². The third kappa shape index (κ3) is 3.93. The number of nitrogens with zero attached hydrogens (tertiary/aromatic N) is 4. The number of aliphatic hydroxyl groups excluding tert-OH is 1. The monoisotopic (exact) mass is 395 g/mol. The van der Waals surface area contributed by atoms with Crippen molar-refractivity contribution in [1.82, 2.24) is 19.8 Å². The van der Waals surface area contributed by atoms with Crippen molar-refractivity contribution in [3.8, 4) is 0 Å². The quantitative estimate of drug-likeness (QED) is 0.820. The molecule has 2 aromatic rings. The van der Waals surface area contributed by atoms with Crippen molar-refractivity contribution in [1.29, 1.82) is 0 Å². The van der Waals surface area contributed by atoms with E-state index in [4.69, 9.17) is 0 Å². The number of nitrogens with one attached hydrogen (secondary N) is 1. The van der Waals surface area contributed by atoms with E-state index in [-0.39, 0.29) is 11.8 Å². The van der Waals surface area contributed by atoms with E-state index in [1.54, 1.807) is 16.8 Å². The number of β-amino-alcohol motifs (C(OH)–C–C–N with tert-alkyl or cyclic N) is 1. The highest BCUT2D eigenvalue weighted by Gasteiger charge is 2.48. The maximum atomic E-state index is 12.8. The number of rotatable bonds is 3. The summed E-state index contributed by atoms with van der Waals surface area (Å²) in [5.74, 6) is 0.369. The zero-order chi connectivity index (χ0) is 20.4. The molecule has 1 aromatic heterocycles. The van der Waals surface area contributed by atoms with E-state index in [1.807, 2.05) is 30.3 Å². The first-order valence-corrected chi connectivity index (χ1v) is 9.84. The number of piperidine rings is 2. The Hall–Kier alpha value is -3.00. The molecule has 8 heteroatoms. The second kappa shape index (κ2) is 7.79. The number of amides is 2. The van der Waals surface area contributed by atoms with E-state index >= 15 is 0 Å². The molecule has 2 amide bonds. The second-order valence-corrected chi connectivity index (χ2v) is 7.90. The Morgan fingerprint density at radius 3 is 2.48 bits per heavy atom. The molecule has 0 saturated carbocycles. The lowest BCUT2D eigenvalue weighted by Gasteiger charge is -2.46. The summed E-state index contributed by atoms with van der Waals surface area (Å²) < 4.78 is 0. The minimum atomic E-state index is -0.552. The molecular formula is C21H25N5O3. The van der Waals surface area contributed by atoms with Crippen LogP contribution >= 0.6 is 0 Å². The van der Waals surface area contributed by atoms with Crippen LogP contribution in [0.25, 0.3) is 0 Å². The smallest absolute Gasteiger partial charge is 0.256 e. The predicted octanol–water partition coefficient (Wildman–Crippen LogP) is 1.67. The van der Waals surface area contributed by atoms with Gasteiger partial charge in [0.2, 0.25) is 11.9 Å². The number of carbonyl (C=O) groups is 2. The molecule has 29 heavy (non-hydrogen) atoms. The Labute approximate surface area is 169 Å². The lowest BCUT2D eigenvalue weighted by Crippen LogP contribution is -2.56. The molecule has 1 spiro atoms. The standard InChI is InChI=1S/C21H25N5O3/c1-25-14-17(27)11-21(19(25)29)7-9-26(10-8-21)18(28)15-12-22-20(23-13-15)24-16-5-3-2-4-6-16/h2-6,12-13,17,27H,7-11,14H2,1H3,(H,22,23,24). The Balaban J connectivity index is 1.39. The number of likely N-dealkylation sites (tertiary alicyclic amines) is 2. The van der Waals surface area contributed by atoms with Crippen LogP contribution in [0.1, 0.15) is 29.6 Å². The van der Waals surface area contributed by atoms with Crippen LogP contribution in [0.15, 0.2) is 42.7 Å². The van der Waals surface area contributed by atoms with Crippen molar-refractivity contribution < 1.29 is 14.7 Å². The Morgan fingerprint density at radius 1 is 1.17 bits per heavy atom. The topological polar surface area (TPSA) is 98.7 Å². The van der Waals surface area contributed by atoms with Gasteiger partial charge in [-0.15, -0.1) is 0 Å². The zero-order valence-corrected chi connectivity index (χ0v) is 16.4. The Morgan fingerprint density at radius 2 is 1.83 bits per heavy atom. The maximum absolute atomic E-state index is 12.8. The first-order valence-electron chi connectivity index (χ1n) is 9.84. The van der Waals surface area contributed by atoms with E-state index in [0.717, 1.165) is 5.69 Å². The van der Waals surface area contributed by atoms with E-state index in [9.17, 15) is 14.7 Å². The first kappa shape index (κ1) is 19.3. The van der Waals surface area contributed by atoms with Crippen molar-refractivity contribution in [3.63, 3.8) is 0 Å². The molecule has 2 aliphatic heterocycles. The van der Waals surface area contributed by atoms with Gasteiger partial charge in [0.15, 0.2) is 0 Å². The number of likely N-dealkylation sites (N-methyl/N-ethyl adjacent to an activating group) is 1. The molecule has 2 saturated heterocycles. The molecule has 3 heterocycles. The average Bonchev–Trinajstić information content (AvgIpc) is 2.73. The van der Waals surface area contributed by atoms with Crippen LogP contribution in [0.4, 0.5) is 11.6 Å². The first-order chi connectivity index (χ1) is 14.0. The molecule has 1 unspecified atom stereocenters. The molecule has 2 N–H and O–H groups in total. The zero-order valence-electron chi connectivity index (χ0n) is 16.4. The Kier molecular flexibility index (Phi) is 5.19. The van der Waals surface area contributed by atoms with Crippen molar-refractivity contribution in [2.45, 2.75) is 25.4 Å². The summed E-state index contributed by atoms with van der Waals surface area (Å²) in [4.78, 5) is 37.3. The number of carbonyl (C=O) groups excluding carboxylic acids is 2. The fraction of sp³-hybridized carbons (Fsp3) is 0.429. The number of aromatic nitrogens is 2. The molecule has 2 aliphatic rings. The minimum Gasteiger partial charge on any atom is -0.391 e. The van der Waals surface area contributed by atoms with Crippen LogP contribution in [0.3, 0.4) is 0 Å². The van der Waals surface area contributed by atoms with Gasteiger partial charge in [-0.25, -0.2) is 9.97 Å². The summed E-state index contributed by atoms with van der Waals surface area (Å²) in [6.45, 7) is 1.34. The molecule has 0 radical (unpaired) electrons. The summed E-state index contributed by atoms with van der Waals surface area (Å²) >= 11 is 0. The molecule has 1 aromatic carbocycles. The van der Waals surface area contributed by atoms with Gasteiger partial charge in [0, 0.05) is 44.8 Å². The van der Waals surface area contributed by atoms with Gasteiger partial charge in [0.05, 0.1) is 17.1 Å². The van der Waals surface area contributed by atoms with Crippen molar-refractivity contribution in [2.75, 3.05) is 32.0 Å². The molecule has 152 valence electrons. The summed E-state index contributed by atoms with van der Waals surface area (Å²) in [7, 11) is 1.73. The third-order valence-corrected chi connectivity index (χ3v) is 5.85. The van der Waals surface area contributed by atoms with Crippen molar-refractivity contribution in [2.24, 2.45) is 5.41 Å². The molecule has 8 nitrogen and oxygen atoms in total. The van der Waals surface area contributed by atoms with Crippen LogP contribution in [-0.4, -0.2) is 69.5 Å². The van der Waals surface area contributed by atoms with E-state index < -0.39 is 11.5 Å². The fourth-order valence-electron chi connectivity index (χ4n) is 4.30. The van der Waals surface area contributed by atoms with Gasteiger partial charge in [-0.3, -0.25) is 9.59 Å². The number of benzene rings is 1. The van der Waals surface area contributed by atoms with Gasteiger partial charge in [-0.2, -0.15) is 0 Å².